The number of nitrogens with zero attached hydrogens (tertiary/aromatic N) is 1. The van der Waals surface area contributed by atoms with Crippen molar-refractivity contribution in [3.8, 4) is 11.5 Å². The number of hydrogen-bond acceptors (Lipinski definition) is 4. The van der Waals surface area contributed by atoms with Crippen molar-refractivity contribution in [2.45, 2.75) is 18.9 Å². The van der Waals surface area contributed by atoms with Crippen LogP contribution in [0.3, 0.4) is 0 Å². The second kappa shape index (κ2) is 8.19. The highest BCUT2D eigenvalue weighted by atomic mass is 35.5. The second-order valence-electron chi connectivity index (χ2n) is 6.75. The Hall–Kier alpha value is -2.24. The van der Waals surface area contributed by atoms with Gasteiger partial charge >= 0.3 is 0 Å². The summed E-state index contributed by atoms with van der Waals surface area (Å²) in [7, 11) is 0. The van der Waals surface area contributed by atoms with Crippen LogP contribution in [0.25, 0.3) is 0 Å². The van der Waals surface area contributed by atoms with E-state index in [1.807, 2.05) is 23.1 Å². The standard InChI is InChI=1S/C21H22ClNO4/c22-18-12-16(13-19-20(18)27-11-10-26-19)21(24)23-8-9-25-17(14-23)7-6-15-4-2-1-3-5-15/h1-5,12-13,17H,6-11,14H2/t17-/m0/s1. The van der Waals surface area contributed by atoms with E-state index in [2.05, 4.69) is 12.1 Å². The van der Waals surface area contributed by atoms with Gasteiger partial charge in [0.1, 0.15) is 13.2 Å². The molecule has 2 heterocycles. The van der Waals surface area contributed by atoms with Gasteiger partial charge in [-0.2, -0.15) is 0 Å². The van der Waals surface area contributed by atoms with Crippen LogP contribution < -0.4 is 9.47 Å². The first-order valence-corrected chi connectivity index (χ1v) is 9.62. The van der Waals surface area contributed by atoms with Crippen molar-refractivity contribution in [1.29, 1.82) is 0 Å². The van der Waals surface area contributed by atoms with E-state index in [-0.39, 0.29) is 12.0 Å². The van der Waals surface area contributed by atoms with Crippen molar-refractivity contribution in [2.75, 3.05) is 32.9 Å². The fourth-order valence-corrected chi connectivity index (χ4v) is 3.73. The summed E-state index contributed by atoms with van der Waals surface area (Å²) in [6, 6.07) is 13.7. The number of benzene rings is 2. The van der Waals surface area contributed by atoms with Gasteiger partial charge in [-0.15, -0.1) is 0 Å². The number of fused-ring (bicyclic) bond motifs is 1. The van der Waals surface area contributed by atoms with Gasteiger partial charge < -0.3 is 19.1 Å². The highest BCUT2D eigenvalue weighted by Crippen LogP contribution is 2.38. The fourth-order valence-electron chi connectivity index (χ4n) is 3.47. The number of rotatable bonds is 4. The molecule has 27 heavy (non-hydrogen) atoms. The van der Waals surface area contributed by atoms with E-state index >= 15 is 0 Å². The molecule has 0 radical (unpaired) electrons. The van der Waals surface area contributed by atoms with Gasteiger partial charge in [0.2, 0.25) is 0 Å². The molecule has 5 nitrogen and oxygen atoms in total. The topological polar surface area (TPSA) is 48.0 Å². The van der Waals surface area contributed by atoms with Crippen LogP contribution in [0.4, 0.5) is 0 Å². The Morgan fingerprint density at radius 1 is 1.11 bits per heavy atom. The zero-order chi connectivity index (χ0) is 18.6. The predicted octanol–water partition coefficient (Wildman–Crippen LogP) is 3.59. The number of carbonyl (C=O) groups is 1. The van der Waals surface area contributed by atoms with Crippen molar-refractivity contribution in [1.82, 2.24) is 4.90 Å². The largest absolute Gasteiger partial charge is 0.486 e. The molecule has 2 aromatic rings. The number of hydrogen-bond donors (Lipinski definition) is 0. The van der Waals surface area contributed by atoms with Crippen LogP contribution >= 0.6 is 11.6 Å². The molecule has 6 heteroatoms. The number of halogens is 1. The molecule has 2 aromatic carbocycles. The number of aryl methyl sites for hydroxylation is 1. The molecule has 1 saturated heterocycles. The normalized spacial score (nSPS) is 19.0. The molecule has 0 N–H and O–H groups in total. The maximum atomic E-state index is 13.0. The molecular formula is C21H22ClNO4. The van der Waals surface area contributed by atoms with E-state index < -0.39 is 0 Å². The summed E-state index contributed by atoms with van der Waals surface area (Å²) in [5.41, 5.74) is 1.80. The lowest BCUT2D eigenvalue weighted by Gasteiger charge is -2.33. The fraction of sp³-hybridized carbons (Fsp3) is 0.381. The average Bonchev–Trinajstić information content (AvgIpc) is 2.73. The Bertz CT molecular complexity index is 811. The zero-order valence-electron chi connectivity index (χ0n) is 15.0. The Morgan fingerprint density at radius 2 is 1.93 bits per heavy atom. The minimum Gasteiger partial charge on any atom is -0.486 e. The van der Waals surface area contributed by atoms with E-state index in [0.717, 1.165) is 12.8 Å². The molecule has 1 fully saturated rings. The summed E-state index contributed by atoms with van der Waals surface area (Å²) in [5.74, 6) is 0.995. The maximum Gasteiger partial charge on any atom is 0.254 e. The van der Waals surface area contributed by atoms with Crippen LogP contribution in [0.2, 0.25) is 5.02 Å². The number of morpholine rings is 1. The van der Waals surface area contributed by atoms with Crippen molar-refractivity contribution >= 4 is 17.5 Å². The van der Waals surface area contributed by atoms with Gasteiger partial charge in [0.15, 0.2) is 11.5 Å². The smallest absolute Gasteiger partial charge is 0.254 e. The van der Waals surface area contributed by atoms with Gasteiger partial charge in [-0.25, -0.2) is 0 Å². The first kappa shape index (κ1) is 18.1. The third kappa shape index (κ3) is 4.20. The summed E-state index contributed by atoms with van der Waals surface area (Å²) in [5, 5.41) is 0.407. The van der Waals surface area contributed by atoms with Crippen LogP contribution in [0, 0.1) is 0 Å². The van der Waals surface area contributed by atoms with E-state index in [9.17, 15) is 4.79 Å². The molecule has 2 aliphatic heterocycles. The predicted molar refractivity (Wildman–Crippen MR) is 103 cm³/mol. The van der Waals surface area contributed by atoms with Crippen LogP contribution in [0.1, 0.15) is 22.3 Å². The quantitative estimate of drug-likeness (QED) is 0.804. The molecule has 0 aromatic heterocycles. The molecule has 0 saturated carbocycles. The number of amides is 1. The molecule has 4 rings (SSSR count). The molecule has 0 unspecified atom stereocenters. The van der Waals surface area contributed by atoms with Crippen LogP contribution in [0.15, 0.2) is 42.5 Å². The second-order valence-corrected chi connectivity index (χ2v) is 7.16. The summed E-state index contributed by atoms with van der Waals surface area (Å²) >= 11 is 6.28. The highest BCUT2D eigenvalue weighted by molar-refractivity contribution is 6.32. The Labute approximate surface area is 163 Å². The van der Waals surface area contributed by atoms with Crippen molar-refractivity contribution in [3.63, 3.8) is 0 Å². The zero-order valence-corrected chi connectivity index (χ0v) is 15.8. The summed E-state index contributed by atoms with van der Waals surface area (Å²) in [6.07, 6.45) is 1.86. The number of carbonyl (C=O) groups excluding carboxylic acids is 1. The molecular weight excluding hydrogens is 366 g/mol. The lowest BCUT2D eigenvalue weighted by Crippen LogP contribution is -2.45. The third-order valence-corrected chi connectivity index (χ3v) is 5.15. The van der Waals surface area contributed by atoms with Gasteiger partial charge in [-0.05, 0) is 30.5 Å². The van der Waals surface area contributed by atoms with Gasteiger partial charge in [-0.3, -0.25) is 4.79 Å². The summed E-state index contributed by atoms with van der Waals surface area (Å²) in [4.78, 5) is 14.8. The van der Waals surface area contributed by atoms with E-state index in [1.54, 1.807) is 12.1 Å². The van der Waals surface area contributed by atoms with Crippen molar-refractivity contribution < 1.29 is 19.0 Å². The average molecular weight is 388 g/mol. The van der Waals surface area contributed by atoms with Gasteiger partial charge in [-0.1, -0.05) is 41.9 Å². The SMILES string of the molecule is O=C(c1cc(Cl)c2c(c1)OCCO2)N1CCO[C@@H](CCc2ccccc2)C1. The molecule has 0 aliphatic carbocycles. The molecule has 0 bridgehead atoms. The lowest BCUT2D eigenvalue weighted by atomic mass is 10.1. The monoisotopic (exact) mass is 387 g/mol. The van der Waals surface area contributed by atoms with Crippen molar-refractivity contribution in [3.05, 3.63) is 58.6 Å². The van der Waals surface area contributed by atoms with Gasteiger partial charge in [0.05, 0.1) is 17.7 Å². The van der Waals surface area contributed by atoms with Gasteiger partial charge in [0.25, 0.3) is 5.91 Å². The minimum atomic E-state index is -0.0538. The minimum absolute atomic E-state index is 0.0376. The lowest BCUT2D eigenvalue weighted by molar-refractivity contribution is -0.0246. The van der Waals surface area contributed by atoms with Crippen LogP contribution in [-0.4, -0.2) is 49.8 Å². The highest BCUT2D eigenvalue weighted by Gasteiger charge is 2.27. The van der Waals surface area contributed by atoms with Crippen LogP contribution in [-0.2, 0) is 11.2 Å². The molecule has 0 spiro atoms. The summed E-state index contributed by atoms with van der Waals surface area (Å²) in [6.45, 7) is 2.63. The molecule has 1 amide bonds. The molecule has 1 atom stereocenters. The first-order chi connectivity index (χ1) is 13.2. The Kier molecular flexibility index (Phi) is 5.50. The van der Waals surface area contributed by atoms with E-state index in [1.165, 1.54) is 5.56 Å². The Balaban J connectivity index is 1.42. The summed E-state index contributed by atoms with van der Waals surface area (Å²) < 4.78 is 17.0. The first-order valence-electron chi connectivity index (χ1n) is 9.24. The number of ether oxygens (including phenoxy) is 3. The van der Waals surface area contributed by atoms with E-state index in [0.29, 0.717) is 55.0 Å². The van der Waals surface area contributed by atoms with Crippen molar-refractivity contribution in [2.24, 2.45) is 0 Å². The van der Waals surface area contributed by atoms with Gasteiger partial charge in [0, 0.05) is 18.7 Å². The Morgan fingerprint density at radius 3 is 2.78 bits per heavy atom. The molecule has 2 aliphatic rings. The maximum absolute atomic E-state index is 13.0. The molecule has 142 valence electrons. The third-order valence-electron chi connectivity index (χ3n) is 4.87. The van der Waals surface area contributed by atoms with Crippen LogP contribution in [0.5, 0.6) is 11.5 Å². The van der Waals surface area contributed by atoms with E-state index in [4.69, 9.17) is 25.8 Å².